The smallest absolute Gasteiger partial charge is 0.154 e. The lowest BCUT2D eigenvalue weighted by molar-refractivity contribution is -0.120. The van der Waals surface area contributed by atoms with E-state index in [1.807, 2.05) is 6.07 Å². The van der Waals surface area contributed by atoms with Crippen LogP contribution in [-0.4, -0.2) is 18.4 Å². The lowest BCUT2D eigenvalue weighted by Gasteiger charge is -2.09. The van der Waals surface area contributed by atoms with Gasteiger partial charge in [-0.15, -0.1) is 0 Å². The molecule has 1 aliphatic heterocycles. The van der Waals surface area contributed by atoms with Gasteiger partial charge in [0.05, 0.1) is 16.1 Å². The Morgan fingerprint density at radius 2 is 2.19 bits per heavy atom. The van der Waals surface area contributed by atoms with Crippen LogP contribution in [0, 0.1) is 0 Å². The molecule has 0 radical (unpaired) electrons. The minimum Gasteiger partial charge on any atom is -0.307 e. The van der Waals surface area contributed by atoms with Gasteiger partial charge in [-0.25, -0.2) is 0 Å². The van der Waals surface area contributed by atoms with Gasteiger partial charge in [-0.1, -0.05) is 29.3 Å². The average molecular weight is 258 g/mol. The molecular weight excluding hydrogens is 245 g/mol. The van der Waals surface area contributed by atoms with Gasteiger partial charge in [-0.2, -0.15) is 0 Å². The van der Waals surface area contributed by atoms with E-state index in [4.69, 9.17) is 23.2 Å². The molecule has 0 aromatic heterocycles. The van der Waals surface area contributed by atoms with E-state index < -0.39 is 0 Å². The van der Waals surface area contributed by atoms with E-state index in [9.17, 15) is 4.79 Å². The van der Waals surface area contributed by atoms with E-state index in [0.717, 1.165) is 24.9 Å². The fraction of sp³-hybridized carbons (Fsp3) is 0.417. The summed E-state index contributed by atoms with van der Waals surface area (Å²) in [5, 5.41) is 4.22. The number of rotatable bonds is 3. The van der Waals surface area contributed by atoms with Crippen LogP contribution >= 0.6 is 23.2 Å². The molecule has 2 nitrogen and oxygen atoms in total. The molecule has 1 saturated heterocycles. The summed E-state index contributed by atoms with van der Waals surface area (Å²) in [6, 6.07) is 5.36. The third-order valence-electron chi connectivity index (χ3n) is 2.81. The fourth-order valence-corrected chi connectivity index (χ4v) is 2.25. The van der Waals surface area contributed by atoms with Crippen molar-refractivity contribution in [2.24, 2.45) is 0 Å². The number of ketones is 1. The molecule has 0 aliphatic carbocycles. The first-order chi connectivity index (χ1) is 7.66. The first kappa shape index (κ1) is 11.9. The molecule has 0 bridgehead atoms. The topological polar surface area (TPSA) is 29.1 Å². The number of halogens is 2. The molecule has 0 saturated carbocycles. The van der Waals surface area contributed by atoms with Gasteiger partial charge in [0, 0.05) is 6.42 Å². The highest BCUT2D eigenvalue weighted by atomic mass is 35.5. The van der Waals surface area contributed by atoms with E-state index in [-0.39, 0.29) is 11.8 Å². The SMILES string of the molecule is O=C(Cc1ccc(Cl)c(Cl)c1)C1CCCN1. The summed E-state index contributed by atoms with van der Waals surface area (Å²) in [4.78, 5) is 11.9. The van der Waals surface area contributed by atoms with Gasteiger partial charge in [0.2, 0.25) is 0 Å². The quantitative estimate of drug-likeness (QED) is 0.903. The molecule has 4 heteroatoms. The zero-order chi connectivity index (χ0) is 11.5. The zero-order valence-electron chi connectivity index (χ0n) is 8.80. The molecule has 1 fully saturated rings. The highest BCUT2D eigenvalue weighted by molar-refractivity contribution is 6.42. The van der Waals surface area contributed by atoms with E-state index in [1.54, 1.807) is 12.1 Å². The van der Waals surface area contributed by atoms with Gasteiger partial charge >= 0.3 is 0 Å². The van der Waals surface area contributed by atoms with E-state index in [2.05, 4.69) is 5.32 Å². The maximum Gasteiger partial charge on any atom is 0.154 e. The standard InChI is InChI=1S/C12H13Cl2NO/c13-9-4-3-8(6-10(9)14)7-12(16)11-2-1-5-15-11/h3-4,6,11,15H,1-2,5,7H2. The first-order valence-electron chi connectivity index (χ1n) is 5.37. The van der Waals surface area contributed by atoms with Crippen LogP contribution in [0.15, 0.2) is 18.2 Å². The molecular formula is C12H13Cl2NO. The summed E-state index contributed by atoms with van der Waals surface area (Å²) in [6.07, 6.45) is 2.45. The largest absolute Gasteiger partial charge is 0.307 e. The highest BCUT2D eigenvalue weighted by Crippen LogP contribution is 2.23. The Balaban J connectivity index is 2.02. The van der Waals surface area contributed by atoms with Crippen LogP contribution in [0.3, 0.4) is 0 Å². The number of hydrogen-bond acceptors (Lipinski definition) is 2. The summed E-state index contributed by atoms with van der Waals surface area (Å²) in [7, 11) is 0. The van der Waals surface area contributed by atoms with E-state index >= 15 is 0 Å². The number of carbonyl (C=O) groups excluding carboxylic acids is 1. The Morgan fingerprint density at radius 3 is 2.81 bits per heavy atom. The van der Waals surface area contributed by atoms with E-state index in [0.29, 0.717) is 16.5 Å². The number of Topliss-reactive ketones (excluding diaryl/α,β-unsaturated/α-hetero) is 1. The molecule has 86 valence electrons. The Kier molecular flexibility index (Phi) is 3.85. The van der Waals surface area contributed by atoms with Crippen molar-refractivity contribution >= 4 is 29.0 Å². The molecule has 1 N–H and O–H groups in total. The van der Waals surface area contributed by atoms with Gasteiger partial charge in [-0.3, -0.25) is 4.79 Å². The van der Waals surface area contributed by atoms with Gasteiger partial charge in [0.25, 0.3) is 0 Å². The predicted molar refractivity (Wildman–Crippen MR) is 66.2 cm³/mol. The Morgan fingerprint density at radius 1 is 1.38 bits per heavy atom. The van der Waals surface area contributed by atoms with Crippen LogP contribution in [0.4, 0.5) is 0 Å². The van der Waals surface area contributed by atoms with Crippen LogP contribution in [0.2, 0.25) is 10.0 Å². The van der Waals surface area contributed by atoms with E-state index in [1.165, 1.54) is 0 Å². The summed E-state index contributed by atoms with van der Waals surface area (Å²) in [6.45, 7) is 0.942. The van der Waals surface area contributed by atoms with Crippen molar-refractivity contribution in [2.45, 2.75) is 25.3 Å². The summed E-state index contributed by atoms with van der Waals surface area (Å²) in [5.74, 6) is 0.232. The number of nitrogens with one attached hydrogen (secondary N) is 1. The van der Waals surface area contributed by atoms with Crippen LogP contribution < -0.4 is 5.32 Å². The molecule has 0 amide bonds. The number of hydrogen-bond donors (Lipinski definition) is 1. The van der Waals surface area contributed by atoms with Crippen molar-refractivity contribution in [3.63, 3.8) is 0 Å². The van der Waals surface area contributed by atoms with Crippen LogP contribution in [0.1, 0.15) is 18.4 Å². The highest BCUT2D eigenvalue weighted by Gasteiger charge is 2.21. The molecule has 0 spiro atoms. The second kappa shape index (κ2) is 5.17. The second-order valence-electron chi connectivity index (χ2n) is 4.04. The minimum absolute atomic E-state index is 0.0226. The monoisotopic (exact) mass is 257 g/mol. The Hall–Kier alpha value is -0.570. The van der Waals surface area contributed by atoms with Gasteiger partial charge in [0.15, 0.2) is 5.78 Å². The maximum absolute atomic E-state index is 11.9. The first-order valence-corrected chi connectivity index (χ1v) is 6.12. The normalized spacial score (nSPS) is 20.0. The summed E-state index contributed by atoms with van der Waals surface area (Å²) < 4.78 is 0. The van der Waals surface area contributed by atoms with Crippen LogP contribution in [-0.2, 0) is 11.2 Å². The number of carbonyl (C=O) groups is 1. The third-order valence-corrected chi connectivity index (χ3v) is 3.55. The average Bonchev–Trinajstić information content (AvgIpc) is 2.77. The second-order valence-corrected chi connectivity index (χ2v) is 4.85. The van der Waals surface area contributed by atoms with Crippen molar-refractivity contribution in [3.8, 4) is 0 Å². The minimum atomic E-state index is 0.0226. The number of benzene rings is 1. The Labute approximate surface area is 105 Å². The fourth-order valence-electron chi connectivity index (χ4n) is 1.93. The molecule has 2 rings (SSSR count). The van der Waals surface area contributed by atoms with Crippen LogP contribution in [0.5, 0.6) is 0 Å². The van der Waals surface area contributed by atoms with Crippen molar-refractivity contribution < 1.29 is 4.79 Å². The zero-order valence-corrected chi connectivity index (χ0v) is 10.3. The lowest BCUT2D eigenvalue weighted by Crippen LogP contribution is -2.31. The molecule has 1 unspecified atom stereocenters. The molecule has 1 aliphatic rings. The maximum atomic E-state index is 11.9. The summed E-state index contributed by atoms with van der Waals surface area (Å²) in [5.41, 5.74) is 0.924. The van der Waals surface area contributed by atoms with Gasteiger partial charge < -0.3 is 5.32 Å². The van der Waals surface area contributed by atoms with Crippen molar-refractivity contribution in [1.82, 2.24) is 5.32 Å². The molecule has 1 heterocycles. The van der Waals surface area contributed by atoms with Gasteiger partial charge in [-0.05, 0) is 37.1 Å². The predicted octanol–water partition coefficient (Wildman–Crippen LogP) is 2.86. The summed E-state index contributed by atoms with van der Waals surface area (Å²) >= 11 is 11.7. The van der Waals surface area contributed by atoms with Crippen molar-refractivity contribution in [1.29, 1.82) is 0 Å². The van der Waals surface area contributed by atoms with Crippen molar-refractivity contribution in [3.05, 3.63) is 33.8 Å². The Bertz CT molecular complexity index is 400. The third kappa shape index (κ3) is 2.76. The molecule has 1 atom stereocenters. The van der Waals surface area contributed by atoms with Crippen LogP contribution in [0.25, 0.3) is 0 Å². The lowest BCUT2D eigenvalue weighted by atomic mass is 10.0. The molecule has 1 aromatic rings. The molecule has 16 heavy (non-hydrogen) atoms. The van der Waals surface area contributed by atoms with Crippen molar-refractivity contribution in [2.75, 3.05) is 6.54 Å². The van der Waals surface area contributed by atoms with Gasteiger partial charge in [0.1, 0.15) is 0 Å². The molecule has 1 aromatic carbocycles.